The molecule has 1 amide bonds. The SMILES string of the molecule is CN(CC1(C)COC1)C(=O)C1CCCCCN1C. The van der Waals surface area contributed by atoms with Gasteiger partial charge in [0.2, 0.25) is 5.91 Å². The van der Waals surface area contributed by atoms with Gasteiger partial charge in [-0.1, -0.05) is 19.8 Å². The van der Waals surface area contributed by atoms with E-state index in [-0.39, 0.29) is 17.4 Å². The molecule has 1 unspecified atom stereocenters. The van der Waals surface area contributed by atoms with Gasteiger partial charge in [0.15, 0.2) is 0 Å². The van der Waals surface area contributed by atoms with Crippen molar-refractivity contribution in [1.82, 2.24) is 9.80 Å². The van der Waals surface area contributed by atoms with Crippen LogP contribution in [-0.4, -0.2) is 62.1 Å². The lowest BCUT2D eigenvalue weighted by molar-refractivity contribution is -0.146. The molecule has 0 N–H and O–H groups in total. The molecule has 0 saturated carbocycles. The molecule has 2 aliphatic rings. The highest BCUT2D eigenvalue weighted by Gasteiger charge is 2.37. The van der Waals surface area contributed by atoms with E-state index in [4.69, 9.17) is 4.74 Å². The lowest BCUT2D eigenvalue weighted by atomic mass is 9.88. The molecule has 2 heterocycles. The molecule has 18 heavy (non-hydrogen) atoms. The Balaban J connectivity index is 1.91. The molecule has 0 radical (unpaired) electrons. The summed E-state index contributed by atoms with van der Waals surface area (Å²) in [4.78, 5) is 16.7. The number of hydrogen-bond donors (Lipinski definition) is 0. The number of likely N-dealkylation sites (tertiary alicyclic amines) is 1. The van der Waals surface area contributed by atoms with Crippen molar-refractivity contribution in [3.8, 4) is 0 Å². The van der Waals surface area contributed by atoms with E-state index in [1.807, 2.05) is 11.9 Å². The van der Waals surface area contributed by atoms with Gasteiger partial charge in [-0.2, -0.15) is 0 Å². The fraction of sp³-hybridized carbons (Fsp3) is 0.929. The zero-order chi connectivity index (χ0) is 13.2. The largest absolute Gasteiger partial charge is 0.380 e. The Labute approximate surface area is 110 Å². The molecule has 2 fully saturated rings. The van der Waals surface area contributed by atoms with Crippen molar-refractivity contribution in [3.05, 3.63) is 0 Å². The minimum absolute atomic E-state index is 0.0853. The Morgan fingerprint density at radius 3 is 2.72 bits per heavy atom. The van der Waals surface area contributed by atoms with E-state index in [1.54, 1.807) is 0 Å². The van der Waals surface area contributed by atoms with Gasteiger partial charge in [-0.25, -0.2) is 0 Å². The minimum atomic E-state index is 0.0853. The lowest BCUT2D eigenvalue weighted by Gasteiger charge is -2.41. The molecule has 2 saturated heterocycles. The first-order valence-electron chi connectivity index (χ1n) is 7.05. The highest BCUT2D eigenvalue weighted by Crippen LogP contribution is 2.28. The topological polar surface area (TPSA) is 32.8 Å². The zero-order valence-electron chi connectivity index (χ0n) is 11.9. The van der Waals surface area contributed by atoms with Crippen molar-refractivity contribution in [1.29, 1.82) is 0 Å². The molecule has 4 nitrogen and oxygen atoms in total. The standard InChI is InChI=1S/C14H26N2O2/c1-14(10-18-11-14)9-16(3)13(17)12-7-5-4-6-8-15(12)2/h12H,4-11H2,1-3H3. The van der Waals surface area contributed by atoms with Gasteiger partial charge in [0, 0.05) is 19.0 Å². The zero-order valence-corrected chi connectivity index (χ0v) is 11.9. The number of rotatable bonds is 3. The molecule has 2 aliphatic heterocycles. The van der Waals surface area contributed by atoms with Crippen molar-refractivity contribution >= 4 is 5.91 Å². The van der Waals surface area contributed by atoms with Gasteiger partial charge in [-0.15, -0.1) is 0 Å². The number of amides is 1. The maximum absolute atomic E-state index is 12.5. The van der Waals surface area contributed by atoms with Crippen LogP contribution in [0, 0.1) is 5.41 Å². The summed E-state index contributed by atoms with van der Waals surface area (Å²) >= 11 is 0. The average Bonchev–Trinajstić information content (AvgIpc) is 2.51. The van der Waals surface area contributed by atoms with Crippen molar-refractivity contribution in [2.45, 2.75) is 38.6 Å². The van der Waals surface area contributed by atoms with Crippen molar-refractivity contribution in [2.75, 3.05) is 40.4 Å². The minimum Gasteiger partial charge on any atom is -0.380 e. The summed E-state index contributed by atoms with van der Waals surface area (Å²) in [6, 6.07) is 0.0853. The normalized spacial score (nSPS) is 28.3. The van der Waals surface area contributed by atoms with E-state index >= 15 is 0 Å². The Kier molecular flexibility index (Phi) is 4.28. The molecule has 0 aliphatic carbocycles. The summed E-state index contributed by atoms with van der Waals surface area (Å²) in [5.41, 5.74) is 0.174. The maximum Gasteiger partial charge on any atom is 0.239 e. The van der Waals surface area contributed by atoms with Crippen LogP contribution in [-0.2, 0) is 9.53 Å². The van der Waals surface area contributed by atoms with E-state index in [0.29, 0.717) is 0 Å². The molecule has 0 aromatic heterocycles. The maximum atomic E-state index is 12.5. The highest BCUT2D eigenvalue weighted by molar-refractivity contribution is 5.81. The Hall–Kier alpha value is -0.610. The number of ether oxygens (including phenoxy) is 1. The predicted molar refractivity (Wildman–Crippen MR) is 71.4 cm³/mol. The fourth-order valence-corrected chi connectivity index (χ4v) is 3.01. The summed E-state index contributed by atoms with van der Waals surface area (Å²) in [6.07, 6.45) is 4.65. The van der Waals surface area contributed by atoms with Gasteiger partial charge in [0.05, 0.1) is 19.3 Å². The van der Waals surface area contributed by atoms with Crippen molar-refractivity contribution in [3.63, 3.8) is 0 Å². The van der Waals surface area contributed by atoms with Crippen LogP contribution in [0.15, 0.2) is 0 Å². The van der Waals surface area contributed by atoms with Crippen LogP contribution in [0.4, 0.5) is 0 Å². The van der Waals surface area contributed by atoms with E-state index in [0.717, 1.165) is 32.7 Å². The van der Waals surface area contributed by atoms with Crippen LogP contribution >= 0.6 is 0 Å². The smallest absolute Gasteiger partial charge is 0.239 e. The second kappa shape index (κ2) is 5.57. The lowest BCUT2D eigenvalue weighted by Crippen LogP contribution is -2.53. The number of likely N-dealkylation sites (N-methyl/N-ethyl adjacent to an activating group) is 2. The second-order valence-corrected chi connectivity index (χ2v) is 6.34. The van der Waals surface area contributed by atoms with Crippen LogP contribution in [0.2, 0.25) is 0 Å². The summed E-state index contributed by atoms with van der Waals surface area (Å²) in [7, 11) is 4.01. The van der Waals surface area contributed by atoms with E-state index in [2.05, 4.69) is 18.9 Å². The Morgan fingerprint density at radius 2 is 2.11 bits per heavy atom. The third kappa shape index (κ3) is 3.04. The second-order valence-electron chi connectivity index (χ2n) is 6.34. The average molecular weight is 254 g/mol. The van der Waals surface area contributed by atoms with E-state index in [1.165, 1.54) is 19.3 Å². The van der Waals surface area contributed by atoms with Crippen molar-refractivity contribution in [2.24, 2.45) is 5.41 Å². The molecule has 2 rings (SSSR count). The molecule has 0 aromatic carbocycles. The summed E-state index contributed by atoms with van der Waals surface area (Å²) < 4.78 is 5.26. The first kappa shape index (κ1) is 13.8. The van der Waals surface area contributed by atoms with Crippen LogP contribution in [0.3, 0.4) is 0 Å². The molecule has 0 spiro atoms. The van der Waals surface area contributed by atoms with Crippen molar-refractivity contribution < 1.29 is 9.53 Å². The summed E-state index contributed by atoms with van der Waals surface area (Å²) in [5, 5.41) is 0. The quantitative estimate of drug-likeness (QED) is 0.762. The number of carbonyl (C=O) groups excluding carboxylic acids is 1. The first-order chi connectivity index (χ1) is 8.52. The molecule has 4 heteroatoms. The molecule has 0 bridgehead atoms. The molecular formula is C14H26N2O2. The van der Waals surface area contributed by atoms with Crippen LogP contribution in [0.25, 0.3) is 0 Å². The van der Waals surface area contributed by atoms with E-state index in [9.17, 15) is 4.79 Å². The summed E-state index contributed by atoms with van der Waals surface area (Å²) in [6.45, 7) is 5.62. The van der Waals surface area contributed by atoms with Gasteiger partial charge >= 0.3 is 0 Å². The molecule has 104 valence electrons. The first-order valence-corrected chi connectivity index (χ1v) is 7.05. The van der Waals surface area contributed by atoms with Crippen LogP contribution in [0.1, 0.15) is 32.6 Å². The molecular weight excluding hydrogens is 228 g/mol. The third-order valence-corrected chi connectivity index (χ3v) is 4.20. The predicted octanol–water partition coefficient (Wildman–Crippen LogP) is 1.36. The van der Waals surface area contributed by atoms with Gasteiger partial charge < -0.3 is 9.64 Å². The highest BCUT2D eigenvalue weighted by atomic mass is 16.5. The Morgan fingerprint density at radius 1 is 1.39 bits per heavy atom. The van der Waals surface area contributed by atoms with Gasteiger partial charge in [-0.3, -0.25) is 9.69 Å². The fourth-order valence-electron chi connectivity index (χ4n) is 3.01. The summed E-state index contributed by atoms with van der Waals surface area (Å²) in [5.74, 6) is 0.285. The van der Waals surface area contributed by atoms with Gasteiger partial charge in [-0.05, 0) is 26.4 Å². The number of hydrogen-bond acceptors (Lipinski definition) is 3. The number of carbonyl (C=O) groups is 1. The van der Waals surface area contributed by atoms with Gasteiger partial charge in [0.1, 0.15) is 0 Å². The molecule has 0 aromatic rings. The molecule has 1 atom stereocenters. The number of nitrogens with zero attached hydrogens (tertiary/aromatic N) is 2. The van der Waals surface area contributed by atoms with Gasteiger partial charge in [0.25, 0.3) is 0 Å². The monoisotopic (exact) mass is 254 g/mol. The third-order valence-electron chi connectivity index (χ3n) is 4.20. The Bertz CT molecular complexity index is 302. The van der Waals surface area contributed by atoms with Crippen LogP contribution < -0.4 is 0 Å². The van der Waals surface area contributed by atoms with Crippen LogP contribution in [0.5, 0.6) is 0 Å². The van der Waals surface area contributed by atoms with E-state index < -0.39 is 0 Å².